The van der Waals surface area contributed by atoms with E-state index < -0.39 is 11.9 Å². The van der Waals surface area contributed by atoms with Gasteiger partial charge in [-0.3, -0.25) is 9.69 Å². The molecule has 21 heavy (non-hydrogen) atoms. The fraction of sp³-hybridized carbons (Fsp3) is 0.867. The van der Waals surface area contributed by atoms with Crippen molar-refractivity contribution in [3.63, 3.8) is 0 Å². The Morgan fingerprint density at radius 1 is 1.33 bits per heavy atom. The molecule has 0 saturated carbocycles. The zero-order valence-corrected chi connectivity index (χ0v) is 13.3. The maximum Gasteiger partial charge on any atom is 0.319 e. The summed E-state index contributed by atoms with van der Waals surface area (Å²) >= 11 is 0. The van der Waals surface area contributed by atoms with Crippen LogP contribution in [0.2, 0.25) is 0 Å². The van der Waals surface area contributed by atoms with Crippen LogP contribution < -0.4 is 0 Å². The van der Waals surface area contributed by atoms with Gasteiger partial charge in [-0.25, -0.2) is 4.79 Å². The Bertz CT molecular complexity index is 402. The summed E-state index contributed by atoms with van der Waals surface area (Å²) < 4.78 is 0. The van der Waals surface area contributed by atoms with Crippen LogP contribution in [0.25, 0.3) is 0 Å². The number of aliphatic carboxylic acids is 1. The summed E-state index contributed by atoms with van der Waals surface area (Å²) in [6.07, 6.45) is 2.34. The summed E-state index contributed by atoms with van der Waals surface area (Å²) in [7, 11) is 1.83. The number of urea groups is 1. The fourth-order valence-electron chi connectivity index (χ4n) is 3.60. The molecular weight excluding hydrogens is 270 g/mol. The van der Waals surface area contributed by atoms with E-state index in [-0.39, 0.29) is 11.9 Å². The van der Waals surface area contributed by atoms with Gasteiger partial charge in [0.15, 0.2) is 0 Å². The third kappa shape index (κ3) is 3.48. The van der Waals surface area contributed by atoms with Crippen molar-refractivity contribution in [3.8, 4) is 0 Å². The summed E-state index contributed by atoms with van der Waals surface area (Å²) in [6.45, 7) is 7.81. The first kappa shape index (κ1) is 16.1. The van der Waals surface area contributed by atoms with Crippen LogP contribution in [0, 0.1) is 11.8 Å². The zero-order chi connectivity index (χ0) is 15.6. The SMILES string of the molecule is CCN1CCCC1CN(C)C(=O)N1C[C@@H](C)[C@H](C(=O)O)C1. The minimum atomic E-state index is -0.798. The highest BCUT2D eigenvalue weighted by atomic mass is 16.4. The molecule has 0 radical (unpaired) electrons. The van der Waals surface area contributed by atoms with Gasteiger partial charge in [0.25, 0.3) is 0 Å². The van der Waals surface area contributed by atoms with E-state index in [4.69, 9.17) is 5.11 Å². The van der Waals surface area contributed by atoms with Gasteiger partial charge < -0.3 is 14.9 Å². The third-order valence-electron chi connectivity index (χ3n) is 4.92. The second kappa shape index (κ2) is 6.64. The van der Waals surface area contributed by atoms with Crippen LogP contribution >= 0.6 is 0 Å². The van der Waals surface area contributed by atoms with Crippen LogP contribution in [0.5, 0.6) is 0 Å². The molecule has 3 atom stereocenters. The molecule has 0 aliphatic carbocycles. The summed E-state index contributed by atoms with van der Waals surface area (Å²) in [5.41, 5.74) is 0. The molecule has 2 aliphatic rings. The summed E-state index contributed by atoms with van der Waals surface area (Å²) in [4.78, 5) is 29.5. The molecule has 1 unspecified atom stereocenters. The topological polar surface area (TPSA) is 64.1 Å². The van der Waals surface area contributed by atoms with Crippen molar-refractivity contribution >= 4 is 12.0 Å². The second-order valence-electron chi connectivity index (χ2n) is 6.41. The number of likely N-dealkylation sites (tertiary alicyclic amines) is 2. The molecule has 6 heteroatoms. The first-order valence-corrected chi connectivity index (χ1v) is 7.91. The molecule has 2 heterocycles. The van der Waals surface area contributed by atoms with Crippen molar-refractivity contribution < 1.29 is 14.7 Å². The molecule has 1 N–H and O–H groups in total. The van der Waals surface area contributed by atoms with Gasteiger partial charge in [-0.15, -0.1) is 0 Å². The second-order valence-corrected chi connectivity index (χ2v) is 6.41. The van der Waals surface area contributed by atoms with Crippen LogP contribution in [0.3, 0.4) is 0 Å². The number of likely N-dealkylation sites (N-methyl/N-ethyl adjacent to an activating group) is 2. The molecule has 6 nitrogen and oxygen atoms in total. The van der Waals surface area contributed by atoms with Crippen LogP contribution in [0.15, 0.2) is 0 Å². The molecule has 2 fully saturated rings. The molecule has 0 aromatic rings. The number of amides is 2. The average Bonchev–Trinajstić information content (AvgIpc) is 3.03. The van der Waals surface area contributed by atoms with Crippen molar-refractivity contribution in [1.29, 1.82) is 0 Å². The third-order valence-corrected chi connectivity index (χ3v) is 4.92. The molecule has 2 saturated heterocycles. The van der Waals surface area contributed by atoms with Crippen molar-refractivity contribution in [2.45, 2.75) is 32.7 Å². The number of carboxylic acids is 1. The van der Waals surface area contributed by atoms with Gasteiger partial charge in [0.05, 0.1) is 5.92 Å². The minimum Gasteiger partial charge on any atom is -0.481 e. The molecule has 0 spiro atoms. The number of carbonyl (C=O) groups excluding carboxylic acids is 1. The average molecular weight is 297 g/mol. The van der Waals surface area contributed by atoms with Gasteiger partial charge in [-0.05, 0) is 31.8 Å². The van der Waals surface area contributed by atoms with Crippen LogP contribution in [-0.4, -0.2) is 77.6 Å². The molecule has 120 valence electrons. The quantitative estimate of drug-likeness (QED) is 0.846. The molecule has 0 aromatic carbocycles. The largest absolute Gasteiger partial charge is 0.481 e. The lowest BCUT2D eigenvalue weighted by molar-refractivity contribution is -0.142. The zero-order valence-electron chi connectivity index (χ0n) is 13.3. The molecule has 0 bridgehead atoms. The molecule has 2 rings (SSSR count). The van der Waals surface area contributed by atoms with E-state index in [0.29, 0.717) is 19.1 Å². The van der Waals surface area contributed by atoms with E-state index in [1.165, 1.54) is 6.42 Å². The van der Waals surface area contributed by atoms with E-state index in [2.05, 4.69) is 11.8 Å². The minimum absolute atomic E-state index is 0.0264. The van der Waals surface area contributed by atoms with Crippen LogP contribution in [0.4, 0.5) is 4.79 Å². The van der Waals surface area contributed by atoms with Crippen molar-refractivity contribution in [2.75, 3.05) is 39.8 Å². The number of nitrogens with zero attached hydrogens (tertiary/aromatic N) is 3. The van der Waals surface area contributed by atoms with E-state index in [1.807, 2.05) is 14.0 Å². The lowest BCUT2D eigenvalue weighted by atomic mass is 9.99. The maximum absolute atomic E-state index is 12.5. The van der Waals surface area contributed by atoms with Gasteiger partial charge in [0.1, 0.15) is 0 Å². The van der Waals surface area contributed by atoms with E-state index >= 15 is 0 Å². The lowest BCUT2D eigenvalue weighted by Crippen LogP contribution is -2.46. The maximum atomic E-state index is 12.5. The Labute approximate surface area is 126 Å². The molecule has 2 aliphatic heterocycles. The number of hydrogen-bond acceptors (Lipinski definition) is 3. The van der Waals surface area contributed by atoms with E-state index in [0.717, 1.165) is 26.1 Å². The van der Waals surface area contributed by atoms with Crippen LogP contribution in [-0.2, 0) is 4.79 Å². The predicted molar refractivity (Wildman–Crippen MR) is 80.2 cm³/mol. The predicted octanol–water partition coefficient (Wildman–Crippen LogP) is 1.17. The van der Waals surface area contributed by atoms with Crippen molar-refractivity contribution in [2.24, 2.45) is 11.8 Å². The van der Waals surface area contributed by atoms with E-state index in [1.54, 1.807) is 9.80 Å². The van der Waals surface area contributed by atoms with Gasteiger partial charge in [0, 0.05) is 32.7 Å². The highest BCUT2D eigenvalue weighted by Gasteiger charge is 2.38. The van der Waals surface area contributed by atoms with Gasteiger partial charge >= 0.3 is 12.0 Å². The van der Waals surface area contributed by atoms with Crippen molar-refractivity contribution in [1.82, 2.24) is 14.7 Å². The summed E-state index contributed by atoms with van der Waals surface area (Å²) in [6, 6.07) is 0.410. The smallest absolute Gasteiger partial charge is 0.319 e. The number of carbonyl (C=O) groups is 2. The van der Waals surface area contributed by atoms with Crippen LogP contribution in [0.1, 0.15) is 26.7 Å². The normalized spacial score (nSPS) is 29.9. The standard InChI is InChI=1S/C15H27N3O3/c1-4-17-7-5-6-12(17)9-16(3)15(21)18-8-11(2)13(10-18)14(19)20/h11-13H,4-10H2,1-3H3,(H,19,20)/t11-,12?,13-/m1/s1. The Balaban J connectivity index is 1.89. The number of carboxylic acid groups (broad SMARTS) is 1. The molecule has 0 aromatic heterocycles. The fourth-order valence-corrected chi connectivity index (χ4v) is 3.60. The monoisotopic (exact) mass is 297 g/mol. The Hall–Kier alpha value is -1.30. The summed E-state index contributed by atoms with van der Waals surface area (Å²) in [5, 5.41) is 9.16. The Morgan fingerprint density at radius 3 is 2.62 bits per heavy atom. The number of rotatable bonds is 4. The van der Waals surface area contributed by atoms with Gasteiger partial charge in [-0.1, -0.05) is 13.8 Å². The van der Waals surface area contributed by atoms with E-state index in [9.17, 15) is 9.59 Å². The van der Waals surface area contributed by atoms with Crippen molar-refractivity contribution in [3.05, 3.63) is 0 Å². The lowest BCUT2D eigenvalue weighted by Gasteiger charge is -2.30. The Morgan fingerprint density at radius 2 is 2.05 bits per heavy atom. The van der Waals surface area contributed by atoms with Gasteiger partial charge in [0.2, 0.25) is 0 Å². The first-order chi connectivity index (χ1) is 9.93. The highest BCUT2D eigenvalue weighted by Crippen LogP contribution is 2.24. The molecule has 2 amide bonds. The first-order valence-electron chi connectivity index (χ1n) is 7.91. The number of hydrogen-bond donors (Lipinski definition) is 1. The van der Waals surface area contributed by atoms with Gasteiger partial charge in [-0.2, -0.15) is 0 Å². The summed E-state index contributed by atoms with van der Waals surface area (Å²) in [5.74, 6) is -1.20. The molecular formula is C15H27N3O3. The Kier molecular flexibility index (Phi) is 5.08. The highest BCUT2D eigenvalue weighted by molar-refractivity contribution is 5.77.